The highest BCUT2D eigenvalue weighted by molar-refractivity contribution is 6.30. The molecule has 0 bridgehead atoms. The van der Waals surface area contributed by atoms with Crippen molar-refractivity contribution in [2.24, 2.45) is 5.92 Å². The molecule has 100 valence electrons. The number of hydrogen-bond acceptors (Lipinski definition) is 3. The van der Waals surface area contributed by atoms with Crippen LogP contribution in [-0.4, -0.2) is 23.3 Å². The summed E-state index contributed by atoms with van der Waals surface area (Å²) in [6.07, 6.45) is 5.14. The summed E-state index contributed by atoms with van der Waals surface area (Å²) < 4.78 is 0. The third-order valence-electron chi connectivity index (χ3n) is 4.16. The van der Waals surface area contributed by atoms with Crippen LogP contribution >= 0.6 is 11.6 Å². The van der Waals surface area contributed by atoms with Crippen LogP contribution in [0.15, 0.2) is 0 Å². The average Bonchev–Trinajstić information content (AvgIpc) is 2.61. The molecule has 1 fully saturated rings. The van der Waals surface area contributed by atoms with Crippen molar-refractivity contribution in [3.8, 4) is 0 Å². The zero-order valence-corrected chi connectivity index (χ0v) is 12.3. The molecule has 1 saturated heterocycles. The lowest BCUT2D eigenvalue weighted by Crippen LogP contribution is -2.26. The predicted molar refractivity (Wildman–Crippen MR) is 76.4 cm³/mol. The Kier molecular flexibility index (Phi) is 4.44. The molecule has 1 atom stereocenters. The van der Waals surface area contributed by atoms with E-state index in [4.69, 9.17) is 11.6 Å². The average molecular weight is 268 g/mol. The first-order valence-corrected chi connectivity index (χ1v) is 7.25. The molecule has 1 aromatic heterocycles. The van der Waals surface area contributed by atoms with Gasteiger partial charge >= 0.3 is 0 Å². The van der Waals surface area contributed by atoms with Gasteiger partial charge in [0.2, 0.25) is 0 Å². The maximum Gasteiger partial charge on any atom is 0.155 e. The highest BCUT2D eigenvalue weighted by Crippen LogP contribution is 2.27. The van der Waals surface area contributed by atoms with Crippen LogP contribution in [0.25, 0.3) is 0 Å². The molecule has 18 heavy (non-hydrogen) atoms. The predicted octanol–water partition coefficient (Wildman–Crippen LogP) is 3.76. The van der Waals surface area contributed by atoms with Gasteiger partial charge in [0.05, 0.1) is 0 Å². The lowest BCUT2D eigenvalue weighted by Gasteiger charge is -2.23. The molecule has 0 radical (unpaired) electrons. The van der Waals surface area contributed by atoms with Crippen LogP contribution in [0.2, 0.25) is 5.15 Å². The van der Waals surface area contributed by atoms with Crippen molar-refractivity contribution in [1.29, 1.82) is 0 Å². The molecule has 1 aromatic rings. The first-order valence-electron chi connectivity index (χ1n) is 6.87. The van der Waals surface area contributed by atoms with E-state index >= 15 is 0 Å². The minimum atomic E-state index is 0.525. The number of halogens is 1. The van der Waals surface area contributed by atoms with E-state index < -0.39 is 0 Å². The summed E-state index contributed by atoms with van der Waals surface area (Å²) in [6, 6.07) is 0. The topological polar surface area (TPSA) is 29.0 Å². The number of nitrogens with zero attached hydrogens (tertiary/aromatic N) is 3. The van der Waals surface area contributed by atoms with Gasteiger partial charge in [-0.3, -0.25) is 0 Å². The van der Waals surface area contributed by atoms with Gasteiger partial charge in [-0.25, -0.2) is 0 Å². The zero-order valence-electron chi connectivity index (χ0n) is 11.5. The summed E-state index contributed by atoms with van der Waals surface area (Å²) in [5.41, 5.74) is 2.22. The highest BCUT2D eigenvalue weighted by atomic mass is 35.5. The standard InChI is InChI=1S/C14H22ClN3/c1-4-12-6-5-8-18(9-7-12)14-11(3)10(2)13(15)16-17-14/h12H,4-9H2,1-3H3. The second-order valence-corrected chi connectivity index (χ2v) is 5.61. The molecule has 2 heterocycles. The van der Waals surface area contributed by atoms with E-state index in [-0.39, 0.29) is 0 Å². The van der Waals surface area contributed by atoms with Gasteiger partial charge in [-0.1, -0.05) is 24.9 Å². The highest BCUT2D eigenvalue weighted by Gasteiger charge is 2.19. The van der Waals surface area contributed by atoms with Gasteiger partial charge in [0.15, 0.2) is 11.0 Å². The molecule has 0 saturated carbocycles. The molecular formula is C14H22ClN3. The second kappa shape index (κ2) is 5.87. The maximum absolute atomic E-state index is 6.01. The first kappa shape index (κ1) is 13.6. The van der Waals surface area contributed by atoms with E-state index in [0.29, 0.717) is 5.15 Å². The Morgan fingerprint density at radius 1 is 1.17 bits per heavy atom. The SMILES string of the molecule is CCC1CCCN(c2nnc(Cl)c(C)c2C)CC1. The Hall–Kier alpha value is -0.830. The van der Waals surface area contributed by atoms with E-state index in [9.17, 15) is 0 Å². The van der Waals surface area contributed by atoms with Crippen LogP contribution < -0.4 is 4.90 Å². The monoisotopic (exact) mass is 267 g/mol. The quantitative estimate of drug-likeness (QED) is 0.817. The van der Waals surface area contributed by atoms with Gasteiger partial charge in [0.1, 0.15) is 0 Å². The summed E-state index contributed by atoms with van der Waals surface area (Å²) in [5.74, 6) is 1.89. The van der Waals surface area contributed by atoms with Gasteiger partial charge in [-0.05, 0) is 50.2 Å². The lowest BCUT2D eigenvalue weighted by molar-refractivity contribution is 0.459. The molecule has 2 rings (SSSR count). The summed E-state index contributed by atoms with van der Waals surface area (Å²) in [4.78, 5) is 2.38. The number of anilines is 1. The molecule has 0 aliphatic carbocycles. The Balaban J connectivity index is 2.19. The van der Waals surface area contributed by atoms with Crippen LogP contribution in [-0.2, 0) is 0 Å². The largest absolute Gasteiger partial charge is 0.355 e. The van der Waals surface area contributed by atoms with Crippen molar-refractivity contribution in [3.05, 3.63) is 16.3 Å². The molecule has 1 aliphatic rings. The van der Waals surface area contributed by atoms with Crippen LogP contribution in [0.4, 0.5) is 5.82 Å². The summed E-state index contributed by atoms with van der Waals surface area (Å²) >= 11 is 6.01. The van der Waals surface area contributed by atoms with E-state index in [1.165, 1.54) is 31.2 Å². The van der Waals surface area contributed by atoms with Crippen molar-refractivity contribution in [2.75, 3.05) is 18.0 Å². The van der Waals surface area contributed by atoms with Crippen LogP contribution in [0.3, 0.4) is 0 Å². The van der Waals surface area contributed by atoms with Gasteiger partial charge in [-0.15, -0.1) is 10.2 Å². The minimum Gasteiger partial charge on any atom is -0.355 e. The second-order valence-electron chi connectivity index (χ2n) is 5.26. The van der Waals surface area contributed by atoms with E-state index in [1.807, 2.05) is 6.92 Å². The van der Waals surface area contributed by atoms with Gasteiger partial charge in [0, 0.05) is 13.1 Å². The van der Waals surface area contributed by atoms with Crippen molar-refractivity contribution in [2.45, 2.75) is 46.5 Å². The van der Waals surface area contributed by atoms with Crippen molar-refractivity contribution in [3.63, 3.8) is 0 Å². The Bertz CT molecular complexity index is 420. The Morgan fingerprint density at radius 2 is 1.94 bits per heavy atom. The third kappa shape index (κ3) is 2.77. The Labute approximate surface area is 115 Å². The van der Waals surface area contributed by atoms with Gasteiger partial charge in [0.25, 0.3) is 0 Å². The molecule has 0 spiro atoms. The molecule has 1 aliphatic heterocycles. The zero-order chi connectivity index (χ0) is 13.1. The smallest absolute Gasteiger partial charge is 0.155 e. The number of rotatable bonds is 2. The summed E-state index contributed by atoms with van der Waals surface area (Å²) in [6.45, 7) is 8.58. The van der Waals surface area contributed by atoms with E-state index in [0.717, 1.165) is 30.4 Å². The summed E-state index contributed by atoms with van der Waals surface area (Å²) in [7, 11) is 0. The fourth-order valence-corrected chi connectivity index (χ4v) is 2.83. The lowest BCUT2D eigenvalue weighted by atomic mass is 9.98. The van der Waals surface area contributed by atoms with Crippen LogP contribution in [0, 0.1) is 19.8 Å². The van der Waals surface area contributed by atoms with Crippen LogP contribution in [0.5, 0.6) is 0 Å². The summed E-state index contributed by atoms with van der Waals surface area (Å²) in [5, 5.41) is 8.88. The van der Waals surface area contributed by atoms with Crippen molar-refractivity contribution >= 4 is 17.4 Å². The fraction of sp³-hybridized carbons (Fsp3) is 0.714. The molecule has 4 heteroatoms. The fourth-order valence-electron chi connectivity index (χ4n) is 2.65. The molecular weight excluding hydrogens is 246 g/mol. The van der Waals surface area contributed by atoms with Crippen molar-refractivity contribution in [1.82, 2.24) is 10.2 Å². The van der Waals surface area contributed by atoms with Gasteiger partial charge in [-0.2, -0.15) is 0 Å². The minimum absolute atomic E-state index is 0.525. The van der Waals surface area contributed by atoms with Crippen molar-refractivity contribution < 1.29 is 0 Å². The molecule has 0 N–H and O–H groups in total. The number of aromatic nitrogens is 2. The van der Waals surface area contributed by atoms with Crippen LogP contribution in [0.1, 0.15) is 43.7 Å². The first-order chi connectivity index (χ1) is 8.63. The number of hydrogen-bond donors (Lipinski definition) is 0. The Morgan fingerprint density at radius 3 is 2.67 bits per heavy atom. The normalized spacial score (nSPS) is 20.9. The molecule has 0 aromatic carbocycles. The maximum atomic E-state index is 6.01. The molecule has 3 nitrogen and oxygen atoms in total. The van der Waals surface area contributed by atoms with E-state index in [1.54, 1.807) is 0 Å². The third-order valence-corrected chi connectivity index (χ3v) is 4.52. The molecule has 1 unspecified atom stereocenters. The van der Waals surface area contributed by atoms with E-state index in [2.05, 4.69) is 28.9 Å². The molecule has 0 amide bonds. The van der Waals surface area contributed by atoms with Gasteiger partial charge < -0.3 is 4.90 Å².